The maximum atomic E-state index is 12.2. The number of nitrogens with zero attached hydrogens (tertiary/aromatic N) is 4. The molecule has 0 spiro atoms. The fraction of sp³-hybridized carbons (Fsp3) is 0.500. The SMILES string of the molecule is O=C(c1ccoc1)N1CC[C@H](n2cc(C3CC3)nn2)C1. The van der Waals surface area contributed by atoms with Gasteiger partial charge >= 0.3 is 0 Å². The molecular weight excluding hydrogens is 256 g/mol. The Morgan fingerprint density at radius 3 is 3.00 bits per heavy atom. The van der Waals surface area contributed by atoms with Crippen LogP contribution in [0.4, 0.5) is 0 Å². The highest BCUT2D eigenvalue weighted by molar-refractivity contribution is 5.94. The molecule has 0 radical (unpaired) electrons. The lowest BCUT2D eigenvalue weighted by Crippen LogP contribution is -2.28. The molecule has 1 amide bonds. The molecule has 2 aromatic heterocycles. The van der Waals surface area contributed by atoms with Crippen molar-refractivity contribution in [2.75, 3.05) is 13.1 Å². The number of likely N-dealkylation sites (tertiary alicyclic amines) is 1. The maximum absolute atomic E-state index is 12.2. The number of carbonyl (C=O) groups excluding carboxylic acids is 1. The molecule has 0 aromatic carbocycles. The van der Waals surface area contributed by atoms with Crippen LogP contribution in [0.1, 0.15) is 47.3 Å². The Kier molecular flexibility index (Phi) is 2.61. The highest BCUT2D eigenvalue weighted by Crippen LogP contribution is 2.39. The third-order valence-corrected chi connectivity index (χ3v) is 4.12. The molecule has 2 fully saturated rings. The number of hydrogen-bond acceptors (Lipinski definition) is 4. The molecule has 0 bridgehead atoms. The first-order chi connectivity index (χ1) is 9.81. The minimum Gasteiger partial charge on any atom is -0.472 e. The van der Waals surface area contributed by atoms with Crippen molar-refractivity contribution in [2.45, 2.75) is 31.2 Å². The van der Waals surface area contributed by atoms with Crippen molar-refractivity contribution in [3.63, 3.8) is 0 Å². The number of amides is 1. The van der Waals surface area contributed by atoms with Gasteiger partial charge in [-0.05, 0) is 25.3 Å². The molecule has 0 N–H and O–H groups in total. The zero-order valence-electron chi connectivity index (χ0n) is 11.1. The van der Waals surface area contributed by atoms with E-state index < -0.39 is 0 Å². The minimum absolute atomic E-state index is 0.0313. The van der Waals surface area contributed by atoms with Gasteiger partial charge in [0.1, 0.15) is 6.26 Å². The molecular formula is C14H16N4O2. The van der Waals surface area contributed by atoms with Gasteiger partial charge in [-0.3, -0.25) is 4.79 Å². The number of rotatable bonds is 3. The lowest BCUT2D eigenvalue weighted by molar-refractivity contribution is 0.0786. The standard InChI is InChI=1S/C14H16N4O2/c19-14(11-4-6-20-9-11)17-5-3-12(7-17)18-8-13(15-16-18)10-1-2-10/h4,6,8-10,12H,1-3,5,7H2/t12-/m0/s1. The van der Waals surface area contributed by atoms with Gasteiger partial charge in [0.25, 0.3) is 5.91 Å². The predicted octanol–water partition coefficient (Wildman–Crippen LogP) is 1.84. The number of carbonyl (C=O) groups is 1. The summed E-state index contributed by atoms with van der Waals surface area (Å²) in [7, 11) is 0. The summed E-state index contributed by atoms with van der Waals surface area (Å²) in [5, 5.41) is 8.46. The van der Waals surface area contributed by atoms with Crippen LogP contribution in [0.2, 0.25) is 0 Å². The smallest absolute Gasteiger partial charge is 0.257 e. The highest BCUT2D eigenvalue weighted by atomic mass is 16.3. The van der Waals surface area contributed by atoms with Gasteiger partial charge in [-0.2, -0.15) is 0 Å². The molecule has 104 valence electrons. The van der Waals surface area contributed by atoms with E-state index in [2.05, 4.69) is 10.3 Å². The van der Waals surface area contributed by atoms with Crippen molar-refractivity contribution < 1.29 is 9.21 Å². The molecule has 6 heteroatoms. The van der Waals surface area contributed by atoms with E-state index in [1.807, 2.05) is 15.8 Å². The van der Waals surface area contributed by atoms with Crippen molar-refractivity contribution in [3.8, 4) is 0 Å². The average Bonchev–Trinajstić information content (AvgIpc) is 2.98. The van der Waals surface area contributed by atoms with Crippen LogP contribution < -0.4 is 0 Å². The highest BCUT2D eigenvalue weighted by Gasteiger charge is 2.31. The largest absolute Gasteiger partial charge is 0.472 e. The Morgan fingerprint density at radius 2 is 2.25 bits per heavy atom. The molecule has 2 aliphatic rings. The molecule has 2 aromatic rings. The first kappa shape index (κ1) is 11.7. The van der Waals surface area contributed by atoms with Crippen molar-refractivity contribution in [2.24, 2.45) is 0 Å². The van der Waals surface area contributed by atoms with Crippen LogP contribution in [0, 0.1) is 0 Å². The van der Waals surface area contributed by atoms with E-state index >= 15 is 0 Å². The van der Waals surface area contributed by atoms with Crippen molar-refractivity contribution in [3.05, 3.63) is 36.0 Å². The third kappa shape index (κ3) is 2.01. The van der Waals surface area contributed by atoms with E-state index in [-0.39, 0.29) is 11.9 Å². The maximum Gasteiger partial charge on any atom is 0.257 e. The molecule has 1 aliphatic heterocycles. The monoisotopic (exact) mass is 272 g/mol. The van der Waals surface area contributed by atoms with Crippen LogP contribution in [0.3, 0.4) is 0 Å². The van der Waals surface area contributed by atoms with Crippen LogP contribution >= 0.6 is 0 Å². The third-order valence-electron chi connectivity index (χ3n) is 4.12. The summed E-state index contributed by atoms with van der Waals surface area (Å²) < 4.78 is 6.90. The summed E-state index contributed by atoms with van der Waals surface area (Å²) in [6.07, 6.45) is 8.46. The van der Waals surface area contributed by atoms with E-state index in [1.165, 1.54) is 25.4 Å². The summed E-state index contributed by atoms with van der Waals surface area (Å²) in [5.41, 5.74) is 1.72. The molecule has 1 aliphatic carbocycles. The molecule has 1 saturated carbocycles. The van der Waals surface area contributed by atoms with Gasteiger partial charge in [0, 0.05) is 25.2 Å². The molecule has 3 heterocycles. The van der Waals surface area contributed by atoms with Crippen LogP contribution in [0.5, 0.6) is 0 Å². The lowest BCUT2D eigenvalue weighted by atomic mass is 10.2. The van der Waals surface area contributed by atoms with Crippen LogP contribution in [0.25, 0.3) is 0 Å². The average molecular weight is 272 g/mol. The van der Waals surface area contributed by atoms with Gasteiger partial charge < -0.3 is 9.32 Å². The fourth-order valence-corrected chi connectivity index (χ4v) is 2.75. The number of hydrogen-bond donors (Lipinski definition) is 0. The Hall–Kier alpha value is -2.11. The van der Waals surface area contributed by atoms with Gasteiger partial charge in [0.05, 0.1) is 23.6 Å². The number of furan rings is 1. The molecule has 0 unspecified atom stereocenters. The first-order valence-corrected chi connectivity index (χ1v) is 7.04. The topological polar surface area (TPSA) is 64.2 Å². The Morgan fingerprint density at radius 1 is 1.35 bits per heavy atom. The van der Waals surface area contributed by atoms with Crippen molar-refractivity contribution in [1.29, 1.82) is 0 Å². The molecule has 1 saturated heterocycles. The Balaban J connectivity index is 1.45. The summed E-state index contributed by atoms with van der Waals surface area (Å²) in [6, 6.07) is 1.95. The van der Waals surface area contributed by atoms with Gasteiger partial charge in [0.15, 0.2) is 0 Å². The van der Waals surface area contributed by atoms with E-state index in [9.17, 15) is 4.79 Å². The van der Waals surface area contributed by atoms with E-state index in [0.717, 1.165) is 18.7 Å². The van der Waals surface area contributed by atoms with E-state index in [1.54, 1.807) is 6.07 Å². The van der Waals surface area contributed by atoms with E-state index in [0.29, 0.717) is 18.0 Å². The zero-order chi connectivity index (χ0) is 13.5. The molecule has 20 heavy (non-hydrogen) atoms. The van der Waals surface area contributed by atoms with Gasteiger partial charge in [0.2, 0.25) is 0 Å². The van der Waals surface area contributed by atoms with E-state index in [4.69, 9.17) is 4.42 Å². The molecule has 1 atom stereocenters. The van der Waals surface area contributed by atoms with Gasteiger partial charge in [-0.1, -0.05) is 5.21 Å². The number of aromatic nitrogens is 3. The van der Waals surface area contributed by atoms with Gasteiger partial charge in [-0.25, -0.2) is 4.68 Å². The summed E-state index contributed by atoms with van der Waals surface area (Å²) in [4.78, 5) is 14.1. The second-order valence-corrected chi connectivity index (χ2v) is 5.60. The fourth-order valence-electron chi connectivity index (χ4n) is 2.75. The second-order valence-electron chi connectivity index (χ2n) is 5.60. The van der Waals surface area contributed by atoms with Crippen molar-refractivity contribution in [1.82, 2.24) is 19.9 Å². The van der Waals surface area contributed by atoms with Crippen LogP contribution in [-0.4, -0.2) is 38.9 Å². The first-order valence-electron chi connectivity index (χ1n) is 7.04. The quantitative estimate of drug-likeness (QED) is 0.855. The van der Waals surface area contributed by atoms with Crippen LogP contribution in [-0.2, 0) is 0 Å². The second kappa shape index (κ2) is 4.47. The normalized spacial score (nSPS) is 22.4. The van der Waals surface area contributed by atoms with Gasteiger partial charge in [-0.15, -0.1) is 5.10 Å². The summed E-state index contributed by atoms with van der Waals surface area (Å²) in [5.74, 6) is 0.651. The Bertz CT molecular complexity index is 615. The predicted molar refractivity (Wildman–Crippen MR) is 70.3 cm³/mol. The van der Waals surface area contributed by atoms with Crippen molar-refractivity contribution >= 4 is 5.91 Å². The molecule has 6 nitrogen and oxygen atoms in total. The Labute approximate surface area is 116 Å². The minimum atomic E-state index is 0.0313. The summed E-state index contributed by atoms with van der Waals surface area (Å²) >= 11 is 0. The van der Waals surface area contributed by atoms with Crippen LogP contribution in [0.15, 0.2) is 29.2 Å². The zero-order valence-corrected chi connectivity index (χ0v) is 11.1. The molecule has 4 rings (SSSR count). The summed E-state index contributed by atoms with van der Waals surface area (Å²) in [6.45, 7) is 1.45. The lowest BCUT2D eigenvalue weighted by Gasteiger charge is -2.15.